The molecule has 1 aromatic heterocycles. The van der Waals surface area contributed by atoms with Crippen LogP contribution in [0.2, 0.25) is 0 Å². The van der Waals surface area contributed by atoms with Gasteiger partial charge in [0.15, 0.2) is 0 Å². The Kier molecular flexibility index (Phi) is 4.44. The second kappa shape index (κ2) is 6.31. The molecule has 2 aromatic carbocycles. The van der Waals surface area contributed by atoms with Crippen LogP contribution in [0.5, 0.6) is 0 Å². The highest BCUT2D eigenvalue weighted by Crippen LogP contribution is 2.35. The lowest BCUT2D eigenvalue weighted by atomic mass is 9.99. The fraction of sp³-hybridized carbons (Fsp3) is 0. The third-order valence-electron chi connectivity index (χ3n) is 3.20. The molecule has 0 aliphatic carbocycles. The molecular weight excluding hydrogens is 486 g/mol. The fourth-order valence-corrected chi connectivity index (χ4v) is 3.55. The van der Waals surface area contributed by atoms with Crippen molar-refractivity contribution in [2.24, 2.45) is 0 Å². The van der Waals surface area contributed by atoms with Crippen LogP contribution < -0.4 is 5.73 Å². The second-order valence-electron chi connectivity index (χ2n) is 4.62. The normalized spacial score (nSPS) is 10.6. The number of halogens is 2. The van der Waals surface area contributed by atoms with Crippen LogP contribution in [0.4, 0.5) is 5.69 Å². The lowest BCUT2D eigenvalue weighted by Crippen LogP contribution is -1.96. The number of nitrogen functional groups attached to an aromatic ring is 1. The van der Waals surface area contributed by atoms with Crippen LogP contribution in [-0.4, -0.2) is 4.98 Å². The summed E-state index contributed by atoms with van der Waals surface area (Å²) in [5.74, 6) is 0. The van der Waals surface area contributed by atoms with E-state index < -0.39 is 0 Å². The molecule has 0 spiro atoms. The number of benzene rings is 2. The van der Waals surface area contributed by atoms with Crippen molar-refractivity contribution < 1.29 is 0 Å². The first-order valence-corrected chi connectivity index (χ1v) is 8.58. The average molecular weight is 498 g/mol. The van der Waals surface area contributed by atoms with Crippen LogP contribution in [0.3, 0.4) is 0 Å². The molecule has 4 heteroatoms. The van der Waals surface area contributed by atoms with E-state index in [0.717, 1.165) is 22.4 Å². The van der Waals surface area contributed by atoms with Gasteiger partial charge < -0.3 is 5.73 Å². The molecule has 0 unspecified atom stereocenters. The number of hydrogen-bond acceptors (Lipinski definition) is 2. The number of hydrogen-bond donors (Lipinski definition) is 1. The third kappa shape index (κ3) is 3.06. The molecule has 21 heavy (non-hydrogen) atoms. The van der Waals surface area contributed by atoms with Crippen molar-refractivity contribution in [3.63, 3.8) is 0 Å². The number of nitrogens with two attached hydrogens (primary N) is 1. The van der Waals surface area contributed by atoms with Crippen molar-refractivity contribution in [2.45, 2.75) is 0 Å². The summed E-state index contributed by atoms with van der Waals surface area (Å²) in [6, 6.07) is 18.5. The first-order valence-electron chi connectivity index (χ1n) is 6.42. The van der Waals surface area contributed by atoms with Crippen molar-refractivity contribution in [3.05, 3.63) is 67.9 Å². The lowest BCUT2D eigenvalue weighted by Gasteiger charge is -2.13. The minimum absolute atomic E-state index is 0.680. The van der Waals surface area contributed by atoms with E-state index in [1.165, 1.54) is 7.14 Å². The first kappa shape index (κ1) is 14.8. The van der Waals surface area contributed by atoms with Crippen LogP contribution in [0.1, 0.15) is 0 Å². The Hall–Kier alpha value is -1.15. The molecule has 2 nitrogen and oxygen atoms in total. The molecule has 1 heterocycles. The predicted octanol–water partition coefficient (Wildman–Crippen LogP) is 5.21. The van der Waals surface area contributed by atoms with E-state index in [1.807, 2.05) is 30.3 Å². The van der Waals surface area contributed by atoms with Crippen LogP contribution in [-0.2, 0) is 0 Å². The number of rotatable bonds is 2. The molecule has 3 rings (SSSR count). The van der Waals surface area contributed by atoms with Crippen LogP contribution >= 0.6 is 45.2 Å². The molecule has 2 N–H and O–H groups in total. The molecule has 3 aromatic rings. The molecular formula is C17H12I2N2. The minimum atomic E-state index is 0.680. The molecule has 0 fully saturated rings. The van der Waals surface area contributed by atoms with Gasteiger partial charge in [-0.15, -0.1) is 0 Å². The van der Waals surface area contributed by atoms with Gasteiger partial charge in [-0.05, 0) is 68.9 Å². The molecule has 0 amide bonds. The van der Waals surface area contributed by atoms with E-state index >= 15 is 0 Å². The van der Waals surface area contributed by atoms with Crippen molar-refractivity contribution in [2.75, 3.05) is 5.73 Å². The summed E-state index contributed by atoms with van der Waals surface area (Å²) >= 11 is 4.69. The summed E-state index contributed by atoms with van der Waals surface area (Å²) < 4.78 is 2.37. The van der Waals surface area contributed by atoms with E-state index in [4.69, 9.17) is 5.73 Å². The molecule has 0 aliphatic rings. The van der Waals surface area contributed by atoms with Crippen molar-refractivity contribution in [1.29, 1.82) is 0 Å². The molecule has 0 saturated heterocycles. The van der Waals surface area contributed by atoms with E-state index in [1.54, 1.807) is 6.20 Å². The maximum atomic E-state index is 5.96. The van der Waals surface area contributed by atoms with Gasteiger partial charge in [-0.25, -0.2) is 0 Å². The SMILES string of the molecule is Nc1cnc(-c2ccccc2I)c(-c2ccccc2I)c1. The monoisotopic (exact) mass is 498 g/mol. The van der Waals surface area contributed by atoms with Gasteiger partial charge >= 0.3 is 0 Å². The van der Waals surface area contributed by atoms with Gasteiger partial charge in [0.05, 0.1) is 17.6 Å². The minimum Gasteiger partial charge on any atom is -0.397 e. The summed E-state index contributed by atoms with van der Waals surface area (Å²) in [5, 5.41) is 0. The van der Waals surface area contributed by atoms with E-state index in [9.17, 15) is 0 Å². The molecule has 0 radical (unpaired) electrons. The zero-order valence-electron chi connectivity index (χ0n) is 11.1. The van der Waals surface area contributed by atoms with Gasteiger partial charge in [-0.3, -0.25) is 4.98 Å². The van der Waals surface area contributed by atoms with Gasteiger partial charge in [-0.1, -0.05) is 36.4 Å². The number of pyridine rings is 1. The van der Waals surface area contributed by atoms with Gasteiger partial charge in [0, 0.05) is 18.3 Å². The Morgan fingerprint density at radius 2 is 1.33 bits per heavy atom. The van der Waals surface area contributed by atoms with Crippen LogP contribution in [0, 0.1) is 7.14 Å². The topological polar surface area (TPSA) is 38.9 Å². The molecule has 0 atom stereocenters. The number of anilines is 1. The van der Waals surface area contributed by atoms with Gasteiger partial charge in [0.25, 0.3) is 0 Å². The first-order chi connectivity index (χ1) is 10.2. The van der Waals surface area contributed by atoms with Gasteiger partial charge in [0.1, 0.15) is 0 Å². The van der Waals surface area contributed by atoms with Crippen molar-refractivity contribution >= 4 is 50.9 Å². The third-order valence-corrected chi connectivity index (χ3v) is 5.08. The zero-order chi connectivity index (χ0) is 14.8. The maximum absolute atomic E-state index is 5.96. The quantitative estimate of drug-likeness (QED) is 0.494. The Morgan fingerprint density at radius 1 is 0.762 bits per heavy atom. The highest BCUT2D eigenvalue weighted by Gasteiger charge is 2.13. The molecule has 0 saturated carbocycles. The standard InChI is InChI=1S/C17H12I2N2/c18-15-7-3-1-5-12(15)14-9-11(20)10-21-17(14)13-6-2-4-8-16(13)19/h1-10H,20H2. The lowest BCUT2D eigenvalue weighted by molar-refractivity contribution is 1.32. The average Bonchev–Trinajstić information content (AvgIpc) is 2.49. The Bertz CT molecular complexity index is 800. The zero-order valence-corrected chi connectivity index (χ0v) is 15.4. The summed E-state index contributed by atoms with van der Waals surface area (Å²) in [6.45, 7) is 0. The Labute approximate surface area is 151 Å². The van der Waals surface area contributed by atoms with Gasteiger partial charge in [-0.2, -0.15) is 0 Å². The molecule has 104 valence electrons. The number of nitrogens with zero attached hydrogens (tertiary/aromatic N) is 1. The largest absolute Gasteiger partial charge is 0.397 e. The Morgan fingerprint density at radius 3 is 1.95 bits per heavy atom. The summed E-state index contributed by atoms with van der Waals surface area (Å²) in [7, 11) is 0. The molecule has 0 bridgehead atoms. The van der Waals surface area contributed by atoms with Crippen LogP contribution in [0.25, 0.3) is 22.4 Å². The highest BCUT2D eigenvalue weighted by molar-refractivity contribution is 14.1. The van der Waals surface area contributed by atoms with Crippen LogP contribution in [0.15, 0.2) is 60.8 Å². The number of aromatic nitrogens is 1. The maximum Gasteiger partial charge on any atom is 0.0792 e. The Balaban J connectivity index is 2.29. The van der Waals surface area contributed by atoms with E-state index in [-0.39, 0.29) is 0 Å². The predicted molar refractivity (Wildman–Crippen MR) is 105 cm³/mol. The van der Waals surface area contributed by atoms with Gasteiger partial charge in [0.2, 0.25) is 0 Å². The molecule has 0 aliphatic heterocycles. The van der Waals surface area contributed by atoms with Crippen molar-refractivity contribution in [3.8, 4) is 22.4 Å². The fourth-order valence-electron chi connectivity index (χ4n) is 2.23. The smallest absolute Gasteiger partial charge is 0.0792 e. The van der Waals surface area contributed by atoms with E-state index in [2.05, 4.69) is 74.4 Å². The highest BCUT2D eigenvalue weighted by atomic mass is 127. The summed E-state index contributed by atoms with van der Waals surface area (Å²) in [6.07, 6.45) is 1.72. The summed E-state index contributed by atoms with van der Waals surface area (Å²) in [5.41, 5.74) is 11.0. The van der Waals surface area contributed by atoms with Crippen molar-refractivity contribution in [1.82, 2.24) is 4.98 Å². The second-order valence-corrected chi connectivity index (χ2v) is 6.95. The summed E-state index contributed by atoms with van der Waals surface area (Å²) in [4.78, 5) is 4.59. The van der Waals surface area contributed by atoms with E-state index in [0.29, 0.717) is 5.69 Å².